The van der Waals surface area contributed by atoms with Crippen molar-refractivity contribution in [1.29, 1.82) is 0 Å². The predicted octanol–water partition coefficient (Wildman–Crippen LogP) is 2.60. The Morgan fingerprint density at radius 2 is 1.85 bits per heavy atom. The fraction of sp³-hybridized carbons (Fsp3) is 0.600. The van der Waals surface area contributed by atoms with Crippen molar-refractivity contribution in [2.75, 3.05) is 6.54 Å². The minimum atomic E-state index is -3.41. The van der Waals surface area contributed by atoms with E-state index in [1.165, 1.54) is 4.31 Å². The monoisotopic (exact) mass is 298 g/mol. The van der Waals surface area contributed by atoms with Crippen molar-refractivity contribution in [1.82, 2.24) is 9.62 Å². The summed E-state index contributed by atoms with van der Waals surface area (Å²) in [5, 5.41) is 3.30. The Kier molecular flexibility index (Phi) is 6.17. The lowest BCUT2D eigenvalue weighted by Crippen LogP contribution is -2.36. The van der Waals surface area contributed by atoms with Crippen molar-refractivity contribution < 1.29 is 8.42 Å². The molecule has 0 saturated carbocycles. The molecule has 0 radical (unpaired) electrons. The Labute approximate surface area is 123 Å². The number of nitrogens with zero attached hydrogens (tertiary/aromatic N) is 1. The van der Waals surface area contributed by atoms with Crippen LogP contribution in [0.3, 0.4) is 0 Å². The second kappa shape index (κ2) is 7.20. The van der Waals surface area contributed by atoms with E-state index in [1.807, 2.05) is 26.8 Å². The first-order valence-electron chi connectivity index (χ1n) is 7.13. The molecule has 114 valence electrons. The molecule has 0 atom stereocenters. The summed E-state index contributed by atoms with van der Waals surface area (Å²) in [6.07, 6.45) is 0. The SMILES string of the molecule is CCN(C(C)C)S(=O)(=O)c1cccc(CNC(C)C)c1. The Morgan fingerprint density at radius 1 is 1.20 bits per heavy atom. The van der Waals surface area contributed by atoms with E-state index in [2.05, 4.69) is 19.2 Å². The van der Waals surface area contributed by atoms with Crippen LogP contribution < -0.4 is 5.32 Å². The molecule has 0 spiro atoms. The van der Waals surface area contributed by atoms with Crippen LogP contribution in [-0.2, 0) is 16.6 Å². The lowest BCUT2D eigenvalue weighted by atomic mass is 10.2. The van der Waals surface area contributed by atoms with Crippen LogP contribution in [0.1, 0.15) is 40.2 Å². The molecule has 0 bridgehead atoms. The molecule has 0 saturated heterocycles. The van der Waals surface area contributed by atoms with Gasteiger partial charge < -0.3 is 5.32 Å². The zero-order valence-corrected chi connectivity index (χ0v) is 13.9. The third-order valence-electron chi connectivity index (χ3n) is 3.11. The molecule has 20 heavy (non-hydrogen) atoms. The number of sulfonamides is 1. The van der Waals surface area contributed by atoms with Gasteiger partial charge in [-0.3, -0.25) is 0 Å². The Morgan fingerprint density at radius 3 is 2.35 bits per heavy atom. The number of nitrogens with one attached hydrogen (secondary N) is 1. The zero-order chi connectivity index (χ0) is 15.3. The van der Waals surface area contributed by atoms with Crippen LogP contribution in [0.5, 0.6) is 0 Å². The molecular formula is C15H26N2O2S. The largest absolute Gasteiger partial charge is 0.310 e. The van der Waals surface area contributed by atoms with Gasteiger partial charge in [-0.2, -0.15) is 4.31 Å². The van der Waals surface area contributed by atoms with Crippen LogP contribution >= 0.6 is 0 Å². The van der Waals surface area contributed by atoms with Crippen molar-refractivity contribution in [3.63, 3.8) is 0 Å². The minimum Gasteiger partial charge on any atom is -0.310 e. The average Bonchev–Trinajstić information content (AvgIpc) is 2.36. The molecule has 1 aromatic carbocycles. The van der Waals surface area contributed by atoms with Gasteiger partial charge in [0.15, 0.2) is 0 Å². The average molecular weight is 298 g/mol. The van der Waals surface area contributed by atoms with E-state index in [-0.39, 0.29) is 6.04 Å². The Hall–Kier alpha value is -0.910. The fourth-order valence-electron chi connectivity index (χ4n) is 2.09. The smallest absolute Gasteiger partial charge is 0.243 e. The summed E-state index contributed by atoms with van der Waals surface area (Å²) >= 11 is 0. The zero-order valence-electron chi connectivity index (χ0n) is 13.1. The molecule has 0 fully saturated rings. The maximum Gasteiger partial charge on any atom is 0.243 e. The van der Waals surface area contributed by atoms with Crippen LogP contribution in [-0.4, -0.2) is 31.4 Å². The Balaban J connectivity index is 3.04. The van der Waals surface area contributed by atoms with Crippen molar-refractivity contribution in [2.45, 2.75) is 58.1 Å². The van der Waals surface area contributed by atoms with E-state index in [1.54, 1.807) is 18.2 Å². The van der Waals surface area contributed by atoms with E-state index in [0.717, 1.165) is 5.56 Å². The van der Waals surface area contributed by atoms with E-state index in [9.17, 15) is 8.42 Å². The molecule has 1 aromatic rings. The first-order chi connectivity index (χ1) is 9.28. The first-order valence-corrected chi connectivity index (χ1v) is 8.57. The number of hydrogen-bond donors (Lipinski definition) is 1. The van der Waals surface area contributed by atoms with Crippen molar-refractivity contribution in [3.8, 4) is 0 Å². The van der Waals surface area contributed by atoms with Gasteiger partial charge in [0, 0.05) is 25.2 Å². The molecule has 4 nitrogen and oxygen atoms in total. The van der Waals surface area contributed by atoms with Crippen LogP contribution in [0.2, 0.25) is 0 Å². The van der Waals surface area contributed by atoms with Crippen LogP contribution in [0.15, 0.2) is 29.2 Å². The van der Waals surface area contributed by atoms with Gasteiger partial charge >= 0.3 is 0 Å². The van der Waals surface area contributed by atoms with E-state index >= 15 is 0 Å². The second-order valence-corrected chi connectivity index (χ2v) is 7.38. The van der Waals surface area contributed by atoms with Crippen LogP contribution in [0, 0.1) is 0 Å². The molecule has 5 heteroatoms. The molecule has 0 amide bonds. The number of benzene rings is 1. The molecule has 0 aliphatic carbocycles. The third kappa shape index (κ3) is 4.30. The molecule has 0 aliphatic rings. The van der Waals surface area contributed by atoms with E-state index in [0.29, 0.717) is 24.0 Å². The van der Waals surface area contributed by atoms with Crippen LogP contribution in [0.25, 0.3) is 0 Å². The lowest BCUT2D eigenvalue weighted by Gasteiger charge is -2.24. The highest BCUT2D eigenvalue weighted by molar-refractivity contribution is 7.89. The summed E-state index contributed by atoms with van der Waals surface area (Å²) in [5.41, 5.74) is 0.986. The number of hydrogen-bond acceptors (Lipinski definition) is 3. The highest BCUT2D eigenvalue weighted by atomic mass is 32.2. The fourth-order valence-corrected chi connectivity index (χ4v) is 3.80. The van der Waals surface area contributed by atoms with Crippen molar-refractivity contribution in [2.24, 2.45) is 0 Å². The van der Waals surface area contributed by atoms with Crippen LogP contribution in [0.4, 0.5) is 0 Å². The molecule has 1 N–H and O–H groups in total. The van der Waals surface area contributed by atoms with E-state index in [4.69, 9.17) is 0 Å². The molecule has 1 rings (SSSR count). The summed E-state index contributed by atoms with van der Waals surface area (Å²) in [7, 11) is -3.41. The maximum atomic E-state index is 12.6. The second-order valence-electron chi connectivity index (χ2n) is 5.49. The molecular weight excluding hydrogens is 272 g/mol. The molecule has 0 unspecified atom stereocenters. The van der Waals surface area contributed by atoms with Gasteiger partial charge in [-0.25, -0.2) is 8.42 Å². The normalized spacial score (nSPS) is 12.6. The summed E-state index contributed by atoms with van der Waals surface area (Å²) in [5.74, 6) is 0. The summed E-state index contributed by atoms with van der Waals surface area (Å²) in [6.45, 7) is 10.9. The van der Waals surface area contributed by atoms with Gasteiger partial charge in [0.2, 0.25) is 10.0 Å². The van der Waals surface area contributed by atoms with Crippen molar-refractivity contribution in [3.05, 3.63) is 29.8 Å². The molecule has 0 aliphatic heterocycles. The highest BCUT2D eigenvalue weighted by Gasteiger charge is 2.25. The van der Waals surface area contributed by atoms with Gasteiger partial charge in [0.1, 0.15) is 0 Å². The maximum absolute atomic E-state index is 12.6. The topological polar surface area (TPSA) is 49.4 Å². The summed E-state index contributed by atoms with van der Waals surface area (Å²) in [4.78, 5) is 0.371. The van der Waals surface area contributed by atoms with Gasteiger partial charge in [-0.05, 0) is 31.5 Å². The standard InChI is InChI=1S/C15H26N2O2S/c1-6-17(13(4)5)20(18,19)15-9-7-8-14(10-15)11-16-12(2)3/h7-10,12-13,16H,6,11H2,1-5H3. The Bertz CT molecular complexity index is 524. The molecule has 0 aromatic heterocycles. The van der Waals surface area contributed by atoms with Gasteiger partial charge in [0.05, 0.1) is 4.90 Å². The van der Waals surface area contributed by atoms with Crippen molar-refractivity contribution >= 4 is 10.0 Å². The quantitative estimate of drug-likeness (QED) is 0.842. The van der Waals surface area contributed by atoms with Gasteiger partial charge in [0.25, 0.3) is 0 Å². The third-order valence-corrected chi connectivity index (χ3v) is 5.25. The number of rotatable bonds is 7. The minimum absolute atomic E-state index is 0.0394. The van der Waals surface area contributed by atoms with Gasteiger partial charge in [-0.1, -0.05) is 32.9 Å². The van der Waals surface area contributed by atoms with E-state index < -0.39 is 10.0 Å². The highest BCUT2D eigenvalue weighted by Crippen LogP contribution is 2.19. The summed E-state index contributed by atoms with van der Waals surface area (Å²) < 4.78 is 26.7. The van der Waals surface area contributed by atoms with Gasteiger partial charge in [-0.15, -0.1) is 0 Å². The summed E-state index contributed by atoms with van der Waals surface area (Å²) in [6, 6.07) is 7.51. The molecule has 0 heterocycles. The lowest BCUT2D eigenvalue weighted by molar-refractivity contribution is 0.369. The first kappa shape index (κ1) is 17.1. The predicted molar refractivity (Wildman–Crippen MR) is 83.1 cm³/mol.